The molecule has 36 heavy (non-hydrogen) atoms. The number of rotatable bonds is 10. The lowest BCUT2D eigenvalue weighted by atomic mass is 10.0. The lowest BCUT2D eigenvalue weighted by Gasteiger charge is -2.24. The van der Waals surface area contributed by atoms with Crippen LogP contribution in [0, 0.1) is 0 Å². The molecule has 0 aliphatic rings. The molecular formula is C29H35N3O4. The highest BCUT2D eigenvalue weighted by Crippen LogP contribution is 2.31. The van der Waals surface area contributed by atoms with Gasteiger partial charge in [-0.05, 0) is 68.1 Å². The van der Waals surface area contributed by atoms with Crippen molar-refractivity contribution >= 4 is 17.7 Å². The summed E-state index contributed by atoms with van der Waals surface area (Å²) in [6.45, 7) is 7.97. The van der Waals surface area contributed by atoms with Crippen molar-refractivity contribution in [3.05, 3.63) is 78.6 Å². The third-order valence-corrected chi connectivity index (χ3v) is 5.30. The molecule has 0 saturated heterocycles. The molecule has 0 aliphatic carbocycles. The van der Waals surface area contributed by atoms with Crippen LogP contribution >= 0.6 is 0 Å². The maximum atomic E-state index is 13.5. The molecule has 0 aliphatic heterocycles. The first-order chi connectivity index (χ1) is 17.2. The summed E-state index contributed by atoms with van der Waals surface area (Å²) in [5.74, 6) is 0.210. The number of aromatic nitrogens is 1. The van der Waals surface area contributed by atoms with E-state index in [0.29, 0.717) is 24.5 Å². The third kappa shape index (κ3) is 8.41. The van der Waals surface area contributed by atoms with Crippen molar-refractivity contribution in [3.63, 3.8) is 0 Å². The molecule has 2 amide bonds. The Labute approximate surface area is 213 Å². The highest BCUT2D eigenvalue weighted by Gasteiger charge is 2.25. The number of carbonyl (C=O) groups excluding carboxylic acids is 2. The van der Waals surface area contributed by atoms with Gasteiger partial charge in [0.15, 0.2) is 0 Å². The summed E-state index contributed by atoms with van der Waals surface area (Å²) in [4.78, 5) is 30.1. The summed E-state index contributed by atoms with van der Waals surface area (Å²) >= 11 is 0. The van der Waals surface area contributed by atoms with Crippen molar-refractivity contribution in [2.24, 2.45) is 0 Å². The van der Waals surface area contributed by atoms with Gasteiger partial charge in [0.1, 0.15) is 17.4 Å². The Hall–Kier alpha value is -3.87. The molecule has 0 radical (unpaired) electrons. The average molecular weight is 490 g/mol. The van der Waals surface area contributed by atoms with E-state index >= 15 is 0 Å². The van der Waals surface area contributed by atoms with Crippen molar-refractivity contribution in [1.29, 1.82) is 0 Å². The van der Waals surface area contributed by atoms with Crippen LogP contribution in [0.4, 0.5) is 10.5 Å². The number of nitrogens with one attached hydrogen (secondary N) is 2. The predicted molar refractivity (Wildman–Crippen MR) is 142 cm³/mol. The van der Waals surface area contributed by atoms with Crippen LogP contribution in [-0.4, -0.2) is 35.2 Å². The Morgan fingerprint density at radius 1 is 0.972 bits per heavy atom. The lowest BCUT2D eigenvalue weighted by molar-refractivity contribution is -0.118. The third-order valence-electron chi connectivity index (χ3n) is 5.30. The normalized spacial score (nSPS) is 11.9. The number of hydrogen-bond acceptors (Lipinski definition) is 5. The lowest BCUT2D eigenvalue weighted by Crippen LogP contribution is -2.47. The summed E-state index contributed by atoms with van der Waals surface area (Å²) in [5, 5.41) is 5.72. The summed E-state index contributed by atoms with van der Waals surface area (Å²) in [5.41, 5.74) is 2.65. The van der Waals surface area contributed by atoms with Crippen LogP contribution in [0.5, 0.6) is 5.75 Å². The standard InChI is InChI=1S/C29H35N3O4/c1-5-6-18-35-26-13-12-23(22-14-16-30-17-15-22)20-24(26)31-27(33)25(19-21-10-8-7-9-11-21)32-28(34)36-29(2,3)4/h7-17,20,25H,5-6,18-19H2,1-4H3,(H,31,33)(H,32,34)/t25-/m0/s1. The second-order valence-corrected chi connectivity index (χ2v) is 9.53. The second-order valence-electron chi connectivity index (χ2n) is 9.53. The average Bonchev–Trinajstić information content (AvgIpc) is 2.84. The quantitative estimate of drug-likeness (QED) is 0.341. The predicted octanol–water partition coefficient (Wildman–Crippen LogP) is 6.00. The summed E-state index contributed by atoms with van der Waals surface area (Å²) in [6.07, 6.45) is 5.00. The minimum absolute atomic E-state index is 0.308. The van der Waals surface area contributed by atoms with E-state index in [2.05, 4.69) is 22.5 Å². The number of benzene rings is 2. The van der Waals surface area contributed by atoms with Crippen LogP contribution in [0.15, 0.2) is 73.1 Å². The van der Waals surface area contributed by atoms with E-state index < -0.39 is 17.7 Å². The van der Waals surface area contributed by atoms with Crippen LogP contribution < -0.4 is 15.4 Å². The number of unbranched alkanes of at least 4 members (excludes halogenated alkanes) is 1. The molecule has 0 bridgehead atoms. The molecule has 7 nitrogen and oxygen atoms in total. The zero-order valence-corrected chi connectivity index (χ0v) is 21.4. The zero-order chi connectivity index (χ0) is 26.0. The van der Waals surface area contributed by atoms with Gasteiger partial charge in [0.25, 0.3) is 0 Å². The number of nitrogens with zero attached hydrogens (tertiary/aromatic N) is 1. The van der Waals surface area contributed by atoms with E-state index in [1.807, 2.05) is 60.7 Å². The molecular weight excluding hydrogens is 454 g/mol. The van der Waals surface area contributed by atoms with E-state index in [1.54, 1.807) is 33.2 Å². The fourth-order valence-corrected chi connectivity index (χ4v) is 3.53. The number of pyridine rings is 1. The topological polar surface area (TPSA) is 89.5 Å². The molecule has 190 valence electrons. The zero-order valence-electron chi connectivity index (χ0n) is 21.4. The SMILES string of the molecule is CCCCOc1ccc(-c2ccncc2)cc1NC(=O)[C@H](Cc1ccccc1)NC(=O)OC(C)(C)C. The summed E-state index contributed by atoms with van der Waals surface area (Å²) in [7, 11) is 0. The molecule has 2 aromatic carbocycles. The van der Waals surface area contributed by atoms with Gasteiger partial charge in [0.05, 0.1) is 12.3 Å². The Morgan fingerprint density at radius 2 is 1.69 bits per heavy atom. The van der Waals surface area contributed by atoms with Gasteiger partial charge >= 0.3 is 6.09 Å². The Kier molecular flexibility index (Phi) is 9.45. The van der Waals surface area contributed by atoms with E-state index in [1.165, 1.54) is 0 Å². The maximum absolute atomic E-state index is 13.5. The van der Waals surface area contributed by atoms with Crippen LogP contribution in [0.3, 0.4) is 0 Å². The van der Waals surface area contributed by atoms with E-state index in [-0.39, 0.29) is 5.91 Å². The first kappa shape index (κ1) is 26.7. The van der Waals surface area contributed by atoms with E-state index in [9.17, 15) is 9.59 Å². The number of carbonyl (C=O) groups is 2. The molecule has 1 atom stereocenters. The molecule has 1 aromatic heterocycles. The van der Waals surface area contributed by atoms with Gasteiger partial charge in [-0.3, -0.25) is 9.78 Å². The minimum atomic E-state index is -0.852. The number of anilines is 1. The molecule has 1 heterocycles. The molecule has 0 saturated carbocycles. The molecule has 0 spiro atoms. The Morgan fingerprint density at radius 3 is 2.36 bits per heavy atom. The van der Waals surface area contributed by atoms with Crippen molar-refractivity contribution in [1.82, 2.24) is 10.3 Å². The van der Waals surface area contributed by atoms with Gasteiger partial charge in [0.2, 0.25) is 5.91 Å². The smallest absolute Gasteiger partial charge is 0.408 e. The van der Waals surface area contributed by atoms with Crippen LogP contribution in [0.2, 0.25) is 0 Å². The highest BCUT2D eigenvalue weighted by atomic mass is 16.6. The van der Waals surface area contributed by atoms with Crippen molar-refractivity contribution in [3.8, 4) is 16.9 Å². The van der Waals surface area contributed by atoms with Gasteiger partial charge in [-0.1, -0.05) is 49.7 Å². The Balaban J connectivity index is 1.87. The van der Waals surface area contributed by atoms with E-state index in [4.69, 9.17) is 9.47 Å². The molecule has 3 rings (SSSR count). The van der Waals surface area contributed by atoms with Crippen LogP contribution in [-0.2, 0) is 16.0 Å². The summed E-state index contributed by atoms with van der Waals surface area (Å²) < 4.78 is 11.4. The largest absolute Gasteiger partial charge is 0.491 e. The molecule has 0 unspecified atom stereocenters. The molecule has 2 N–H and O–H groups in total. The maximum Gasteiger partial charge on any atom is 0.408 e. The monoisotopic (exact) mass is 489 g/mol. The Bertz CT molecular complexity index is 1130. The second kappa shape index (κ2) is 12.7. The minimum Gasteiger partial charge on any atom is -0.491 e. The fourth-order valence-electron chi connectivity index (χ4n) is 3.53. The van der Waals surface area contributed by atoms with Crippen molar-refractivity contribution in [2.45, 2.75) is 58.6 Å². The van der Waals surface area contributed by atoms with Gasteiger partial charge < -0.3 is 20.1 Å². The van der Waals surface area contributed by atoms with Gasteiger partial charge in [-0.2, -0.15) is 0 Å². The van der Waals surface area contributed by atoms with Gasteiger partial charge in [-0.15, -0.1) is 0 Å². The van der Waals surface area contributed by atoms with Gasteiger partial charge in [0, 0.05) is 18.8 Å². The molecule has 0 fully saturated rings. The van der Waals surface area contributed by atoms with Gasteiger partial charge in [-0.25, -0.2) is 4.79 Å². The molecule has 3 aromatic rings. The number of amides is 2. The van der Waals surface area contributed by atoms with Crippen LogP contribution in [0.25, 0.3) is 11.1 Å². The van der Waals surface area contributed by atoms with Crippen molar-refractivity contribution in [2.75, 3.05) is 11.9 Å². The fraction of sp³-hybridized carbons (Fsp3) is 0.345. The summed E-state index contributed by atoms with van der Waals surface area (Å²) in [6, 6.07) is 18.2. The number of hydrogen-bond donors (Lipinski definition) is 2. The molecule has 7 heteroatoms. The highest BCUT2D eigenvalue weighted by molar-refractivity contribution is 5.98. The first-order valence-electron chi connectivity index (χ1n) is 12.3. The number of ether oxygens (including phenoxy) is 2. The number of alkyl carbamates (subject to hydrolysis) is 1. The van der Waals surface area contributed by atoms with Crippen LogP contribution in [0.1, 0.15) is 46.1 Å². The van der Waals surface area contributed by atoms with Crippen molar-refractivity contribution < 1.29 is 19.1 Å². The first-order valence-corrected chi connectivity index (χ1v) is 12.3. The van der Waals surface area contributed by atoms with E-state index in [0.717, 1.165) is 29.5 Å².